The van der Waals surface area contributed by atoms with Gasteiger partial charge >= 0.3 is 17.1 Å². The molecular formula is C8H30O5Si6. The van der Waals surface area contributed by atoms with Gasteiger partial charge in [-0.05, 0) is 52.4 Å². The first-order chi connectivity index (χ1) is 8.37. The van der Waals surface area contributed by atoms with E-state index in [1.54, 1.807) is 0 Å². The Morgan fingerprint density at radius 1 is 0.895 bits per heavy atom. The van der Waals surface area contributed by atoms with E-state index in [1.807, 2.05) is 6.55 Å². The molecule has 0 bridgehead atoms. The van der Waals surface area contributed by atoms with E-state index in [4.69, 9.17) is 20.6 Å². The zero-order chi connectivity index (χ0) is 15.3. The molecule has 19 heavy (non-hydrogen) atoms. The molecule has 0 heterocycles. The zero-order valence-electron chi connectivity index (χ0n) is 13.8. The van der Waals surface area contributed by atoms with Crippen LogP contribution in [0.3, 0.4) is 0 Å². The minimum atomic E-state index is -2.18. The molecule has 0 fully saturated rings. The van der Waals surface area contributed by atoms with Gasteiger partial charge in [0.1, 0.15) is 10.5 Å². The van der Waals surface area contributed by atoms with E-state index in [-0.39, 0.29) is 0 Å². The van der Waals surface area contributed by atoms with Gasteiger partial charge in [-0.2, -0.15) is 0 Å². The third-order valence-electron chi connectivity index (χ3n) is 1.91. The minimum absolute atomic E-state index is 0.750. The van der Waals surface area contributed by atoms with Crippen molar-refractivity contribution in [1.82, 2.24) is 0 Å². The Labute approximate surface area is 128 Å². The molecule has 0 aliphatic rings. The van der Waals surface area contributed by atoms with Crippen molar-refractivity contribution in [2.75, 3.05) is 0 Å². The summed E-state index contributed by atoms with van der Waals surface area (Å²) >= 11 is 0. The first-order valence-corrected chi connectivity index (χ1v) is 19.7. The maximum Gasteiger partial charge on any atom is 0.313 e. The smallest absolute Gasteiger partial charge is 0.313 e. The second-order valence-electron chi connectivity index (χ2n) is 6.37. The van der Waals surface area contributed by atoms with Crippen LogP contribution in [0.15, 0.2) is 0 Å². The van der Waals surface area contributed by atoms with Crippen molar-refractivity contribution in [3.63, 3.8) is 0 Å². The summed E-state index contributed by atoms with van der Waals surface area (Å²) in [5.41, 5.74) is 0. The van der Waals surface area contributed by atoms with E-state index in [9.17, 15) is 0 Å². The molecule has 0 N–H and O–H groups in total. The number of rotatable bonds is 9. The highest BCUT2D eigenvalue weighted by Crippen LogP contribution is 2.21. The van der Waals surface area contributed by atoms with E-state index in [2.05, 4.69) is 45.8 Å². The fraction of sp³-hybridized carbons (Fsp3) is 1.00. The Kier molecular flexibility index (Phi) is 8.38. The van der Waals surface area contributed by atoms with Gasteiger partial charge in [-0.3, -0.25) is 0 Å². The Morgan fingerprint density at radius 2 is 1.42 bits per heavy atom. The van der Waals surface area contributed by atoms with Crippen LogP contribution in [0, 0.1) is 0 Å². The molecule has 0 aliphatic heterocycles. The lowest BCUT2D eigenvalue weighted by Crippen LogP contribution is -2.54. The molecule has 0 aromatic heterocycles. The van der Waals surface area contributed by atoms with Crippen molar-refractivity contribution in [3.05, 3.63) is 0 Å². The van der Waals surface area contributed by atoms with E-state index < -0.39 is 44.7 Å². The molecule has 0 rings (SSSR count). The van der Waals surface area contributed by atoms with Crippen molar-refractivity contribution < 1.29 is 20.6 Å². The van der Waals surface area contributed by atoms with Gasteiger partial charge in [-0.15, -0.1) is 0 Å². The van der Waals surface area contributed by atoms with Crippen LogP contribution in [-0.4, -0.2) is 55.2 Å². The van der Waals surface area contributed by atoms with E-state index >= 15 is 0 Å². The van der Waals surface area contributed by atoms with Gasteiger partial charge in [0, 0.05) is 0 Å². The Morgan fingerprint density at radius 3 is 1.84 bits per heavy atom. The molecule has 0 saturated heterocycles. The number of hydrogen-bond acceptors (Lipinski definition) is 5. The summed E-state index contributed by atoms with van der Waals surface area (Å²) in [6.07, 6.45) is 0. The number of hydrogen-bond donors (Lipinski definition) is 0. The summed E-state index contributed by atoms with van der Waals surface area (Å²) in [6, 6.07) is 0. The highest BCUT2D eigenvalue weighted by Gasteiger charge is 2.40. The molecule has 0 saturated carbocycles. The Balaban J connectivity index is 4.41. The first kappa shape index (κ1) is 20.1. The topological polar surface area (TPSA) is 46.2 Å². The largest absolute Gasteiger partial charge is 0.449 e. The highest BCUT2D eigenvalue weighted by molar-refractivity contribution is 6.87. The summed E-state index contributed by atoms with van der Waals surface area (Å²) in [7, 11) is -7.55. The quantitative estimate of drug-likeness (QED) is 0.548. The van der Waals surface area contributed by atoms with Gasteiger partial charge in [-0.25, -0.2) is 0 Å². The average Bonchev–Trinajstić information content (AvgIpc) is 2.06. The summed E-state index contributed by atoms with van der Waals surface area (Å²) in [5.74, 6) is 0. The van der Waals surface area contributed by atoms with E-state index in [0.717, 1.165) is 10.5 Å². The third-order valence-corrected chi connectivity index (χ3v) is 17.2. The van der Waals surface area contributed by atoms with Gasteiger partial charge in [0.2, 0.25) is 0 Å². The van der Waals surface area contributed by atoms with E-state index in [0.29, 0.717) is 0 Å². The van der Waals surface area contributed by atoms with Gasteiger partial charge in [0.05, 0.1) is 0 Å². The normalized spacial score (nSPS) is 16.4. The van der Waals surface area contributed by atoms with Crippen LogP contribution in [0.4, 0.5) is 0 Å². The fourth-order valence-electron chi connectivity index (χ4n) is 1.97. The van der Waals surface area contributed by atoms with Crippen molar-refractivity contribution >= 4 is 55.2 Å². The fourth-order valence-corrected chi connectivity index (χ4v) is 20.4. The molecule has 5 nitrogen and oxygen atoms in total. The van der Waals surface area contributed by atoms with Crippen LogP contribution in [-0.2, 0) is 20.6 Å². The molecule has 11 heteroatoms. The zero-order valence-corrected chi connectivity index (χ0v) is 21.4. The summed E-state index contributed by atoms with van der Waals surface area (Å²) in [6.45, 7) is 17.0. The molecule has 116 valence electrons. The highest BCUT2D eigenvalue weighted by atomic mass is 28.5. The van der Waals surface area contributed by atoms with Crippen molar-refractivity contribution in [2.45, 2.75) is 52.4 Å². The lowest BCUT2D eigenvalue weighted by molar-refractivity contribution is 0.310. The predicted molar refractivity (Wildman–Crippen MR) is 95.2 cm³/mol. The lowest BCUT2D eigenvalue weighted by atomic mass is 11.8. The lowest BCUT2D eigenvalue weighted by Gasteiger charge is -2.37. The molecule has 1 unspecified atom stereocenters. The second-order valence-corrected chi connectivity index (χ2v) is 23.8. The van der Waals surface area contributed by atoms with Crippen LogP contribution < -0.4 is 0 Å². The summed E-state index contributed by atoms with van der Waals surface area (Å²) < 4.78 is 29.3. The first-order valence-electron chi connectivity index (χ1n) is 6.55. The van der Waals surface area contributed by atoms with Crippen molar-refractivity contribution in [2.24, 2.45) is 0 Å². The summed E-state index contributed by atoms with van der Waals surface area (Å²) in [5, 5.41) is 0. The van der Waals surface area contributed by atoms with Crippen LogP contribution in [0.25, 0.3) is 0 Å². The third kappa shape index (κ3) is 11.4. The Bertz CT molecular complexity index is 269. The monoisotopic (exact) mass is 374 g/mol. The maximum atomic E-state index is 6.26. The molecule has 0 aromatic rings. The Hall–Kier alpha value is 1.10. The minimum Gasteiger partial charge on any atom is -0.449 e. The van der Waals surface area contributed by atoms with Crippen LogP contribution >= 0.6 is 0 Å². The molecule has 0 aromatic carbocycles. The standard InChI is InChI=1S/C8H30O5Si6/c1-16(10-15-9-14)11-18(5,6)13-19(7,8)12-17(2,3)4/h16H,15H2,1-8,14H3. The van der Waals surface area contributed by atoms with Gasteiger partial charge in [-0.1, -0.05) is 0 Å². The summed E-state index contributed by atoms with van der Waals surface area (Å²) in [4.78, 5) is 0. The van der Waals surface area contributed by atoms with Crippen LogP contribution in [0.5, 0.6) is 0 Å². The van der Waals surface area contributed by atoms with Gasteiger partial charge in [0.15, 0.2) is 8.32 Å². The van der Waals surface area contributed by atoms with Gasteiger partial charge < -0.3 is 20.6 Å². The average molecular weight is 375 g/mol. The maximum absolute atomic E-state index is 6.26. The molecular weight excluding hydrogens is 345 g/mol. The van der Waals surface area contributed by atoms with Gasteiger partial charge in [0.25, 0.3) is 19.3 Å². The predicted octanol–water partition coefficient (Wildman–Crippen LogP) is 0.437. The van der Waals surface area contributed by atoms with Crippen LogP contribution in [0.1, 0.15) is 0 Å². The van der Waals surface area contributed by atoms with Crippen LogP contribution in [0.2, 0.25) is 52.4 Å². The van der Waals surface area contributed by atoms with Crippen molar-refractivity contribution in [1.29, 1.82) is 0 Å². The SMILES string of the molecule is C[SiH](O[SiH2]O[SiH3])O[Si](C)(C)O[Si](C)(C)O[Si](C)(C)C. The molecule has 0 spiro atoms. The molecule has 0 aliphatic carbocycles. The molecule has 1 atom stereocenters. The van der Waals surface area contributed by atoms with E-state index in [1.165, 1.54) is 0 Å². The molecule has 0 amide bonds. The van der Waals surface area contributed by atoms with Crippen molar-refractivity contribution in [3.8, 4) is 0 Å². The second kappa shape index (κ2) is 7.93. The molecule has 0 radical (unpaired) electrons.